The standard InChI is InChI=1S/C14H17FN4O2.2ClH/c1-21-11(9-16)8-14(20)18-10-3-4-13(12(15)7-10)19-6-2-5-17-19;;/h2-7,11H,8-9,16H2,1H3,(H,18,20);2*1H. The van der Waals surface area contributed by atoms with Gasteiger partial charge in [-0.15, -0.1) is 24.8 Å². The SMILES string of the molecule is COC(CN)CC(=O)Nc1ccc(-n2cccn2)c(F)c1.Cl.Cl. The third-order valence-corrected chi connectivity index (χ3v) is 2.99. The number of halogens is 3. The molecule has 1 aromatic carbocycles. The fourth-order valence-corrected chi connectivity index (χ4v) is 1.86. The van der Waals surface area contributed by atoms with E-state index in [-0.39, 0.29) is 49.8 Å². The molecule has 1 aromatic heterocycles. The molecule has 1 amide bonds. The summed E-state index contributed by atoms with van der Waals surface area (Å²) in [5.74, 6) is -0.753. The molecule has 23 heavy (non-hydrogen) atoms. The number of nitrogens with zero attached hydrogens (tertiary/aromatic N) is 2. The number of aromatic nitrogens is 2. The second kappa shape index (κ2) is 10.2. The Morgan fingerprint density at radius 1 is 1.48 bits per heavy atom. The highest BCUT2D eigenvalue weighted by atomic mass is 35.5. The van der Waals surface area contributed by atoms with Crippen LogP contribution in [0.2, 0.25) is 0 Å². The molecule has 0 bridgehead atoms. The Morgan fingerprint density at radius 2 is 2.22 bits per heavy atom. The highest BCUT2D eigenvalue weighted by Crippen LogP contribution is 2.18. The minimum Gasteiger partial charge on any atom is -0.380 e. The van der Waals surface area contributed by atoms with Crippen LogP contribution in [0.1, 0.15) is 6.42 Å². The number of ether oxygens (including phenoxy) is 1. The molecular weight excluding hydrogens is 346 g/mol. The Bertz CT molecular complexity index is 607. The quantitative estimate of drug-likeness (QED) is 0.822. The largest absolute Gasteiger partial charge is 0.380 e. The van der Waals surface area contributed by atoms with Crippen LogP contribution in [-0.2, 0) is 9.53 Å². The van der Waals surface area contributed by atoms with E-state index in [1.807, 2.05) is 0 Å². The minimum atomic E-state index is -0.474. The monoisotopic (exact) mass is 364 g/mol. The van der Waals surface area contributed by atoms with Crippen molar-refractivity contribution in [3.63, 3.8) is 0 Å². The van der Waals surface area contributed by atoms with E-state index in [0.29, 0.717) is 11.4 Å². The molecule has 3 N–H and O–H groups in total. The zero-order valence-corrected chi connectivity index (χ0v) is 14.1. The van der Waals surface area contributed by atoms with Gasteiger partial charge in [0.2, 0.25) is 5.91 Å². The van der Waals surface area contributed by atoms with Crippen LogP contribution >= 0.6 is 24.8 Å². The molecule has 1 atom stereocenters. The topological polar surface area (TPSA) is 82.2 Å². The number of amides is 1. The van der Waals surface area contributed by atoms with E-state index in [2.05, 4.69) is 10.4 Å². The number of rotatable bonds is 6. The first-order chi connectivity index (χ1) is 10.1. The summed E-state index contributed by atoms with van der Waals surface area (Å²) in [6.45, 7) is 0.247. The van der Waals surface area contributed by atoms with Crippen molar-refractivity contribution in [2.45, 2.75) is 12.5 Å². The highest BCUT2D eigenvalue weighted by molar-refractivity contribution is 5.91. The number of hydrogen-bond donors (Lipinski definition) is 2. The van der Waals surface area contributed by atoms with E-state index < -0.39 is 5.82 Å². The summed E-state index contributed by atoms with van der Waals surface area (Å²) in [4.78, 5) is 11.8. The van der Waals surface area contributed by atoms with Crippen LogP contribution in [0, 0.1) is 5.82 Å². The van der Waals surface area contributed by atoms with Crippen LogP contribution in [0.5, 0.6) is 0 Å². The summed E-state index contributed by atoms with van der Waals surface area (Å²) >= 11 is 0. The van der Waals surface area contributed by atoms with Crippen molar-refractivity contribution in [1.29, 1.82) is 0 Å². The third-order valence-electron chi connectivity index (χ3n) is 2.99. The number of hydrogen-bond acceptors (Lipinski definition) is 4. The molecule has 0 saturated carbocycles. The molecule has 0 saturated heterocycles. The molecule has 6 nitrogen and oxygen atoms in total. The predicted octanol–water partition coefficient (Wildman–Crippen LogP) is 2.16. The van der Waals surface area contributed by atoms with Gasteiger partial charge in [0.05, 0.1) is 12.5 Å². The van der Waals surface area contributed by atoms with Gasteiger partial charge in [-0.1, -0.05) is 0 Å². The maximum Gasteiger partial charge on any atom is 0.227 e. The minimum absolute atomic E-state index is 0. The van der Waals surface area contributed by atoms with Crippen LogP contribution in [0.25, 0.3) is 5.69 Å². The zero-order valence-electron chi connectivity index (χ0n) is 12.4. The molecule has 2 rings (SSSR count). The molecule has 2 aromatic rings. The van der Waals surface area contributed by atoms with E-state index >= 15 is 0 Å². The van der Waals surface area contributed by atoms with Gasteiger partial charge in [0, 0.05) is 31.7 Å². The maximum atomic E-state index is 14.0. The normalized spacial score (nSPS) is 11.1. The smallest absolute Gasteiger partial charge is 0.227 e. The zero-order chi connectivity index (χ0) is 15.2. The third kappa shape index (κ3) is 5.80. The Morgan fingerprint density at radius 3 is 2.74 bits per heavy atom. The van der Waals surface area contributed by atoms with E-state index in [0.717, 1.165) is 0 Å². The second-order valence-electron chi connectivity index (χ2n) is 4.46. The van der Waals surface area contributed by atoms with Gasteiger partial charge < -0.3 is 15.8 Å². The molecule has 0 aliphatic carbocycles. The molecule has 128 valence electrons. The maximum absolute atomic E-state index is 14.0. The van der Waals surface area contributed by atoms with Crippen LogP contribution in [0.4, 0.5) is 10.1 Å². The first-order valence-corrected chi connectivity index (χ1v) is 6.46. The van der Waals surface area contributed by atoms with Crippen molar-refractivity contribution in [3.8, 4) is 5.69 Å². The van der Waals surface area contributed by atoms with Crippen molar-refractivity contribution in [3.05, 3.63) is 42.5 Å². The lowest BCUT2D eigenvalue weighted by Gasteiger charge is -2.13. The second-order valence-corrected chi connectivity index (χ2v) is 4.46. The number of carbonyl (C=O) groups excluding carboxylic acids is 1. The van der Waals surface area contributed by atoms with Crippen LogP contribution in [0.15, 0.2) is 36.7 Å². The van der Waals surface area contributed by atoms with Crippen molar-refractivity contribution in [1.82, 2.24) is 9.78 Å². The van der Waals surface area contributed by atoms with Crippen molar-refractivity contribution >= 4 is 36.4 Å². The van der Waals surface area contributed by atoms with Gasteiger partial charge in [0.15, 0.2) is 5.82 Å². The van der Waals surface area contributed by atoms with Crippen LogP contribution in [-0.4, -0.2) is 35.4 Å². The van der Waals surface area contributed by atoms with Gasteiger partial charge in [0.25, 0.3) is 0 Å². The fraction of sp³-hybridized carbons (Fsp3) is 0.286. The van der Waals surface area contributed by atoms with Gasteiger partial charge >= 0.3 is 0 Å². The van der Waals surface area contributed by atoms with Gasteiger partial charge in [-0.25, -0.2) is 9.07 Å². The summed E-state index contributed by atoms with van der Waals surface area (Å²) < 4.78 is 20.4. The number of methoxy groups -OCH3 is 1. The van der Waals surface area contributed by atoms with Gasteiger partial charge in [-0.05, 0) is 24.3 Å². The summed E-state index contributed by atoms with van der Waals surface area (Å²) in [6, 6.07) is 6.11. The highest BCUT2D eigenvalue weighted by Gasteiger charge is 2.13. The molecule has 1 heterocycles. The molecule has 0 aliphatic heterocycles. The van der Waals surface area contributed by atoms with Gasteiger partial charge in [-0.2, -0.15) is 5.10 Å². The summed E-state index contributed by atoms with van der Waals surface area (Å²) in [5.41, 5.74) is 6.14. The molecule has 0 spiro atoms. The van der Waals surface area contributed by atoms with Crippen molar-refractivity contribution in [2.24, 2.45) is 5.73 Å². The first-order valence-electron chi connectivity index (χ1n) is 6.46. The Balaban J connectivity index is 0.00000242. The summed E-state index contributed by atoms with van der Waals surface area (Å²) in [5, 5.41) is 6.57. The summed E-state index contributed by atoms with van der Waals surface area (Å²) in [6.07, 6.45) is 2.97. The lowest BCUT2D eigenvalue weighted by molar-refractivity contribution is -0.118. The molecule has 0 radical (unpaired) electrons. The Kier molecular flexibility index (Phi) is 9.43. The fourth-order valence-electron chi connectivity index (χ4n) is 1.86. The van der Waals surface area contributed by atoms with Crippen molar-refractivity contribution < 1.29 is 13.9 Å². The Labute approximate surface area is 146 Å². The molecule has 0 fully saturated rings. The number of anilines is 1. The lowest BCUT2D eigenvalue weighted by atomic mass is 10.2. The molecule has 1 unspecified atom stereocenters. The van der Waals surface area contributed by atoms with E-state index in [1.54, 1.807) is 30.6 Å². The molecule has 9 heteroatoms. The van der Waals surface area contributed by atoms with E-state index in [4.69, 9.17) is 10.5 Å². The van der Waals surface area contributed by atoms with E-state index in [1.165, 1.54) is 17.9 Å². The van der Waals surface area contributed by atoms with Crippen LogP contribution < -0.4 is 11.1 Å². The Hall–Kier alpha value is -1.67. The number of nitrogens with two attached hydrogens (primary N) is 1. The van der Waals surface area contributed by atoms with Crippen molar-refractivity contribution in [2.75, 3.05) is 19.0 Å². The van der Waals surface area contributed by atoms with E-state index in [9.17, 15) is 9.18 Å². The number of benzene rings is 1. The lowest BCUT2D eigenvalue weighted by Crippen LogP contribution is -2.28. The average molecular weight is 365 g/mol. The first kappa shape index (κ1) is 21.3. The predicted molar refractivity (Wildman–Crippen MR) is 91.1 cm³/mol. The average Bonchev–Trinajstić information content (AvgIpc) is 2.98. The molecule has 0 aliphatic rings. The number of carbonyl (C=O) groups is 1. The van der Waals surface area contributed by atoms with Gasteiger partial charge in [-0.3, -0.25) is 4.79 Å². The molecular formula is C14H19Cl2FN4O2. The summed E-state index contributed by atoms with van der Waals surface area (Å²) in [7, 11) is 1.49. The van der Waals surface area contributed by atoms with Gasteiger partial charge in [0.1, 0.15) is 5.69 Å². The van der Waals surface area contributed by atoms with Crippen LogP contribution in [0.3, 0.4) is 0 Å². The number of nitrogens with one attached hydrogen (secondary N) is 1.